The van der Waals surface area contributed by atoms with Gasteiger partial charge in [-0.1, -0.05) is 37.1 Å². The third kappa shape index (κ3) is 6.12. The van der Waals surface area contributed by atoms with Gasteiger partial charge in [-0.15, -0.1) is 0 Å². The number of hydrogen-bond acceptors (Lipinski definition) is 3. The van der Waals surface area contributed by atoms with Gasteiger partial charge in [0, 0.05) is 11.6 Å². The Kier molecular flexibility index (Phi) is 7.29. The Morgan fingerprint density at radius 1 is 1.08 bits per heavy atom. The van der Waals surface area contributed by atoms with E-state index in [1.165, 1.54) is 0 Å². The molecule has 0 fully saturated rings. The number of nitrogens with one attached hydrogen (secondary N) is 2. The van der Waals surface area contributed by atoms with Crippen molar-refractivity contribution in [1.29, 1.82) is 0 Å². The number of carbonyl (C=O) groups is 2. The van der Waals surface area contributed by atoms with Crippen LogP contribution in [0.15, 0.2) is 48.5 Å². The number of amides is 2. The zero-order valence-corrected chi connectivity index (χ0v) is 14.8. The molecule has 2 aromatic carbocycles. The Hall–Kier alpha value is -2.53. The van der Waals surface area contributed by atoms with Gasteiger partial charge in [-0.2, -0.15) is 0 Å². The molecule has 0 heterocycles. The summed E-state index contributed by atoms with van der Waals surface area (Å²) in [7, 11) is 0. The van der Waals surface area contributed by atoms with Crippen LogP contribution in [-0.4, -0.2) is 25.0 Å². The monoisotopic (exact) mass is 360 g/mol. The number of unbranched alkanes of at least 4 members (excludes halogenated alkanes) is 1. The molecule has 2 rings (SSSR count). The van der Waals surface area contributed by atoms with Crippen molar-refractivity contribution in [3.8, 4) is 5.75 Å². The van der Waals surface area contributed by atoms with E-state index in [1.807, 2.05) is 0 Å². The van der Waals surface area contributed by atoms with Crippen molar-refractivity contribution in [2.45, 2.75) is 19.8 Å². The summed E-state index contributed by atoms with van der Waals surface area (Å²) in [6.07, 6.45) is 1.91. The molecule has 0 bridgehead atoms. The van der Waals surface area contributed by atoms with E-state index < -0.39 is 0 Å². The molecule has 6 heteroatoms. The summed E-state index contributed by atoms with van der Waals surface area (Å²) in [4.78, 5) is 24.3. The van der Waals surface area contributed by atoms with Crippen LogP contribution in [0, 0.1) is 0 Å². The maximum atomic E-state index is 12.2. The van der Waals surface area contributed by atoms with Crippen molar-refractivity contribution in [2.24, 2.45) is 0 Å². The Balaban J connectivity index is 1.93. The predicted molar refractivity (Wildman–Crippen MR) is 99.3 cm³/mol. The fourth-order valence-electron chi connectivity index (χ4n) is 2.13. The van der Waals surface area contributed by atoms with Crippen LogP contribution < -0.4 is 15.4 Å². The van der Waals surface area contributed by atoms with Gasteiger partial charge in [-0.25, -0.2) is 0 Å². The van der Waals surface area contributed by atoms with Gasteiger partial charge in [0.05, 0.1) is 11.3 Å². The Morgan fingerprint density at radius 2 is 1.80 bits per heavy atom. The van der Waals surface area contributed by atoms with E-state index in [1.54, 1.807) is 48.5 Å². The smallest absolute Gasteiger partial charge is 0.262 e. The number of ether oxygens (including phenoxy) is 1. The molecular weight excluding hydrogens is 340 g/mol. The summed E-state index contributed by atoms with van der Waals surface area (Å²) in [5.41, 5.74) is 0.889. The third-order valence-electron chi connectivity index (χ3n) is 3.45. The summed E-state index contributed by atoms with van der Waals surface area (Å²) in [6, 6.07) is 13.6. The molecule has 0 saturated carbocycles. The molecule has 0 aromatic heterocycles. The van der Waals surface area contributed by atoms with E-state index in [2.05, 4.69) is 17.6 Å². The predicted octanol–water partition coefficient (Wildman–Crippen LogP) is 3.89. The van der Waals surface area contributed by atoms with Gasteiger partial charge in [-0.05, 0) is 42.8 Å². The van der Waals surface area contributed by atoms with Crippen molar-refractivity contribution in [1.82, 2.24) is 5.32 Å². The van der Waals surface area contributed by atoms with Crippen LogP contribution in [0.3, 0.4) is 0 Å². The highest BCUT2D eigenvalue weighted by Crippen LogP contribution is 2.17. The largest absolute Gasteiger partial charge is 0.484 e. The van der Waals surface area contributed by atoms with E-state index in [-0.39, 0.29) is 18.4 Å². The second-order valence-electron chi connectivity index (χ2n) is 5.45. The highest BCUT2D eigenvalue weighted by molar-refractivity contribution is 6.30. The number of para-hydroxylation sites is 1. The van der Waals surface area contributed by atoms with Gasteiger partial charge in [0.15, 0.2) is 6.61 Å². The quantitative estimate of drug-likeness (QED) is 0.702. The summed E-state index contributed by atoms with van der Waals surface area (Å²) < 4.78 is 5.40. The van der Waals surface area contributed by atoms with Crippen LogP contribution >= 0.6 is 11.6 Å². The molecular formula is C19H21ClN2O3. The number of rotatable bonds is 8. The minimum atomic E-state index is -0.344. The van der Waals surface area contributed by atoms with Crippen LogP contribution in [0.2, 0.25) is 5.02 Å². The average Bonchev–Trinajstić information content (AvgIpc) is 2.62. The van der Waals surface area contributed by atoms with E-state index in [0.717, 1.165) is 12.8 Å². The van der Waals surface area contributed by atoms with Crippen LogP contribution in [0.4, 0.5) is 5.69 Å². The van der Waals surface area contributed by atoms with Gasteiger partial charge in [0.2, 0.25) is 0 Å². The first-order chi connectivity index (χ1) is 12.1. The van der Waals surface area contributed by atoms with Crippen molar-refractivity contribution in [3.05, 3.63) is 59.1 Å². The summed E-state index contributed by atoms with van der Waals surface area (Å²) in [5, 5.41) is 6.15. The van der Waals surface area contributed by atoms with Crippen LogP contribution in [0.1, 0.15) is 30.1 Å². The Labute approximate surface area is 152 Å². The van der Waals surface area contributed by atoms with E-state index >= 15 is 0 Å². The van der Waals surface area contributed by atoms with E-state index in [9.17, 15) is 9.59 Å². The van der Waals surface area contributed by atoms with Crippen molar-refractivity contribution in [2.75, 3.05) is 18.5 Å². The molecule has 25 heavy (non-hydrogen) atoms. The summed E-state index contributed by atoms with van der Waals surface area (Å²) in [6.45, 7) is 2.51. The lowest BCUT2D eigenvalue weighted by molar-refractivity contribution is -0.118. The number of hydrogen-bond donors (Lipinski definition) is 2. The molecule has 5 nitrogen and oxygen atoms in total. The minimum Gasteiger partial charge on any atom is -0.484 e. The lowest BCUT2D eigenvalue weighted by atomic mass is 10.1. The molecule has 0 unspecified atom stereocenters. The highest BCUT2D eigenvalue weighted by Gasteiger charge is 2.13. The Bertz CT molecular complexity index is 717. The Morgan fingerprint density at radius 3 is 2.52 bits per heavy atom. The SMILES string of the molecule is CCCCNC(=O)c1ccccc1NC(=O)COc1ccc(Cl)cc1. The van der Waals surface area contributed by atoms with Gasteiger partial charge >= 0.3 is 0 Å². The first-order valence-corrected chi connectivity index (χ1v) is 8.53. The zero-order chi connectivity index (χ0) is 18.1. The first kappa shape index (κ1) is 18.8. The van der Waals surface area contributed by atoms with Crippen LogP contribution in [-0.2, 0) is 4.79 Å². The summed E-state index contributed by atoms with van der Waals surface area (Å²) >= 11 is 5.80. The third-order valence-corrected chi connectivity index (χ3v) is 3.70. The number of benzene rings is 2. The van der Waals surface area contributed by atoms with Crippen molar-refractivity contribution in [3.63, 3.8) is 0 Å². The van der Waals surface area contributed by atoms with Gasteiger partial charge < -0.3 is 15.4 Å². The fraction of sp³-hybridized carbons (Fsp3) is 0.263. The van der Waals surface area contributed by atoms with E-state index in [4.69, 9.17) is 16.3 Å². The molecule has 132 valence electrons. The molecule has 0 atom stereocenters. The molecule has 2 aromatic rings. The molecule has 2 amide bonds. The lowest BCUT2D eigenvalue weighted by Gasteiger charge is -2.12. The van der Waals surface area contributed by atoms with Gasteiger partial charge in [-0.3, -0.25) is 9.59 Å². The van der Waals surface area contributed by atoms with Crippen LogP contribution in [0.5, 0.6) is 5.75 Å². The maximum Gasteiger partial charge on any atom is 0.262 e. The fourth-order valence-corrected chi connectivity index (χ4v) is 2.26. The molecule has 2 N–H and O–H groups in total. The molecule has 0 aliphatic carbocycles. The standard InChI is InChI=1S/C19H21ClN2O3/c1-2-3-12-21-19(24)16-6-4-5-7-17(16)22-18(23)13-25-15-10-8-14(20)9-11-15/h4-11H,2-3,12-13H2,1H3,(H,21,24)(H,22,23). The highest BCUT2D eigenvalue weighted by atomic mass is 35.5. The minimum absolute atomic E-state index is 0.159. The van der Waals surface area contributed by atoms with Gasteiger partial charge in [0.1, 0.15) is 5.75 Å². The zero-order valence-electron chi connectivity index (χ0n) is 14.0. The van der Waals surface area contributed by atoms with Crippen LogP contribution in [0.25, 0.3) is 0 Å². The molecule has 0 spiro atoms. The van der Waals surface area contributed by atoms with Crippen molar-refractivity contribution >= 4 is 29.1 Å². The molecule has 0 saturated heterocycles. The molecule has 0 radical (unpaired) electrons. The maximum absolute atomic E-state index is 12.2. The van der Waals surface area contributed by atoms with Gasteiger partial charge in [0.25, 0.3) is 11.8 Å². The van der Waals surface area contributed by atoms with E-state index in [0.29, 0.717) is 28.6 Å². The van der Waals surface area contributed by atoms with Crippen molar-refractivity contribution < 1.29 is 14.3 Å². The number of anilines is 1. The number of halogens is 1. The second kappa shape index (κ2) is 9.69. The average molecular weight is 361 g/mol. The lowest BCUT2D eigenvalue weighted by Crippen LogP contribution is -2.27. The molecule has 0 aliphatic heterocycles. The second-order valence-corrected chi connectivity index (χ2v) is 5.88. The first-order valence-electron chi connectivity index (χ1n) is 8.15. The number of carbonyl (C=O) groups excluding carboxylic acids is 2. The topological polar surface area (TPSA) is 67.4 Å². The normalized spacial score (nSPS) is 10.2. The summed E-state index contributed by atoms with van der Waals surface area (Å²) in [5.74, 6) is -0.00290. The molecule has 0 aliphatic rings.